The summed E-state index contributed by atoms with van der Waals surface area (Å²) in [4.78, 5) is 4.47. The van der Waals surface area contributed by atoms with Crippen molar-refractivity contribution in [3.63, 3.8) is 0 Å². The minimum absolute atomic E-state index is 0.607. The Morgan fingerprint density at radius 2 is 1.02 bits per heavy atom. The maximum absolute atomic E-state index is 9.28. The van der Waals surface area contributed by atoms with Gasteiger partial charge in [0.2, 0.25) is 0 Å². The second-order valence-electron chi connectivity index (χ2n) is 10.0. The van der Waals surface area contributed by atoms with E-state index in [1.54, 1.807) is 12.3 Å². The van der Waals surface area contributed by atoms with E-state index in [-0.39, 0.29) is 0 Å². The zero-order chi connectivity index (χ0) is 26.6. The van der Waals surface area contributed by atoms with E-state index in [9.17, 15) is 5.26 Å². The quantitative estimate of drug-likeness (QED) is 0.238. The molecule has 0 fully saturated rings. The summed E-state index contributed by atoms with van der Waals surface area (Å²) in [5, 5.41) is 14.2. The summed E-state index contributed by atoms with van der Waals surface area (Å²) < 4.78 is 4.69. The second-order valence-corrected chi connectivity index (χ2v) is 10.0. The van der Waals surface area contributed by atoms with Crippen LogP contribution in [0.1, 0.15) is 5.56 Å². The van der Waals surface area contributed by atoms with Gasteiger partial charge in [-0.05, 0) is 60.7 Å². The van der Waals surface area contributed by atoms with E-state index in [4.69, 9.17) is 0 Å². The molecule has 0 aliphatic rings. The van der Waals surface area contributed by atoms with E-state index in [1.807, 2.05) is 6.07 Å². The molecule has 0 unspecified atom stereocenters. The van der Waals surface area contributed by atoms with Gasteiger partial charge in [-0.25, -0.2) is 0 Å². The Labute approximate surface area is 230 Å². The third-order valence-electron chi connectivity index (χ3n) is 7.80. The van der Waals surface area contributed by atoms with Gasteiger partial charge in [-0.15, -0.1) is 0 Å². The number of nitrogens with zero attached hydrogens (tertiary/aromatic N) is 4. The van der Waals surface area contributed by atoms with Crippen LogP contribution in [0.3, 0.4) is 0 Å². The average molecular weight is 511 g/mol. The van der Waals surface area contributed by atoms with E-state index in [2.05, 4.69) is 135 Å². The van der Waals surface area contributed by atoms with Crippen LogP contribution in [-0.4, -0.2) is 14.1 Å². The molecule has 186 valence electrons. The normalized spacial score (nSPS) is 11.5. The van der Waals surface area contributed by atoms with Gasteiger partial charge in [0.1, 0.15) is 0 Å². The van der Waals surface area contributed by atoms with Crippen molar-refractivity contribution in [2.24, 2.45) is 0 Å². The van der Waals surface area contributed by atoms with Gasteiger partial charge in [-0.3, -0.25) is 4.98 Å². The molecule has 4 nitrogen and oxygen atoms in total. The largest absolute Gasteiger partial charge is 0.309 e. The standard InChI is InChI=1S/C36H22N4/c37-23-24-19-20-38-32(21-24)25-13-15-26(16-14-25)39-35-12-6-3-9-30(35)31-22-27(17-18-36(31)39)40-33-10-4-1-7-28(33)29-8-2-5-11-34(29)40/h1-22H. The Morgan fingerprint density at radius 1 is 0.500 bits per heavy atom. The Kier molecular flexibility index (Phi) is 4.85. The van der Waals surface area contributed by atoms with Crippen LogP contribution in [-0.2, 0) is 0 Å². The molecule has 0 aliphatic carbocycles. The van der Waals surface area contributed by atoms with Crippen molar-refractivity contribution in [1.82, 2.24) is 14.1 Å². The smallest absolute Gasteiger partial charge is 0.0992 e. The van der Waals surface area contributed by atoms with Gasteiger partial charge in [0.05, 0.1) is 39.4 Å². The molecule has 0 spiro atoms. The van der Waals surface area contributed by atoms with E-state index < -0.39 is 0 Å². The summed E-state index contributed by atoms with van der Waals surface area (Å²) in [7, 11) is 0. The molecular formula is C36H22N4. The Bertz CT molecular complexity index is 2220. The van der Waals surface area contributed by atoms with Crippen molar-refractivity contribution in [3.8, 4) is 28.7 Å². The van der Waals surface area contributed by atoms with Crippen molar-refractivity contribution in [2.75, 3.05) is 0 Å². The summed E-state index contributed by atoms with van der Waals surface area (Å²) in [5.74, 6) is 0. The molecule has 5 aromatic carbocycles. The Hall–Kier alpha value is -5.66. The first-order valence-electron chi connectivity index (χ1n) is 13.3. The van der Waals surface area contributed by atoms with Crippen LogP contribution in [0.2, 0.25) is 0 Å². The van der Waals surface area contributed by atoms with Gasteiger partial charge in [0, 0.05) is 44.7 Å². The number of nitriles is 1. The van der Waals surface area contributed by atoms with Gasteiger partial charge in [-0.1, -0.05) is 66.7 Å². The topological polar surface area (TPSA) is 46.5 Å². The zero-order valence-corrected chi connectivity index (χ0v) is 21.5. The average Bonchev–Trinajstić information content (AvgIpc) is 3.54. The van der Waals surface area contributed by atoms with Crippen LogP contribution in [0.5, 0.6) is 0 Å². The Balaban J connectivity index is 1.33. The lowest BCUT2D eigenvalue weighted by atomic mass is 10.1. The minimum Gasteiger partial charge on any atom is -0.309 e. The fourth-order valence-corrected chi connectivity index (χ4v) is 6.02. The lowest BCUT2D eigenvalue weighted by molar-refractivity contribution is 1.16. The van der Waals surface area contributed by atoms with E-state index in [0.29, 0.717) is 5.56 Å². The molecule has 0 aliphatic heterocycles. The van der Waals surface area contributed by atoms with E-state index in [1.165, 1.54) is 32.6 Å². The Morgan fingerprint density at radius 3 is 1.65 bits per heavy atom. The van der Waals surface area contributed by atoms with Crippen LogP contribution in [0, 0.1) is 11.3 Å². The van der Waals surface area contributed by atoms with E-state index in [0.717, 1.165) is 33.7 Å². The molecule has 0 N–H and O–H groups in total. The highest BCUT2D eigenvalue weighted by Crippen LogP contribution is 2.37. The minimum atomic E-state index is 0.607. The molecule has 0 saturated carbocycles. The summed E-state index contributed by atoms with van der Waals surface area (Å²) in [6.07, 6.45) is 1.68. The molecular weight excluding hydrogens is 488 g/mol. The summed E-state index contributed by atoms with van der Waals surface area (Å²) in [5.41, 5.74) is 9.34. The molecule has 0 bridgehead atoms. The van der Waals surface area contributed by atoms with Crippen molar-refractivity contribution < 1.29 is 0 Å². The number of benzene rings is 5. The number of fused-ring (bicyclic) bond motifs is 6. The zero-order valence-electron chi connectivity index (χ0n) is 21.5. The van der Waals surface area contributed by atoms with Crippen molar-refractivity contribution in [2.45, 2.75) is 0 Å². The molecule has 8 rings (SSSR count). The lowest BCUT2D eigenvalue weighted by Crippen LogP contribution is -1.96. The highest BCUT2D eigenvalue weighted by molar-refractivity contribution is 6.12. The molecule has 0 radical (unpaired) electrons. The van der Waals surface area contributed by atoms with Crippen molar-refractivity contribution in [1.29, 1.82) is 5.26 Å². The molecule has 40 heavy (non-hydrogen) atoms. The van der Waals surface area contributed by atoms with Crippen LogP contribution < -0.4 is 0 Å². The van der Waals surface area contributed by atoms with Gasteiger partial charge < -0.3 is 9.13 Å². The van der Waals surface area contributed by atoms with Gasteiger partial charge in [-0.2, -0.15) is 5.26 Å². The van der Waals surface area contributed by atoms with Crippen molar-refractivity contribution >= 4 is 43.6 Å². The molecule has 0 saturated heterocycles. The van der Waals surface area contributed by atoms with Crippen LogP contribution in [0.15, 0.2) is 134 Å². The van der Waals surface area contributed by atoms with Crippen LogP contribution >= 0.6 is 0 Å². The molecule has 8 aromatic rings. The number of para-hydroxylation sites is 3. The maximum Gasteiger partial charge on any atom is 0.0992 e. The summed E-state index contributed by atoms with van der Waals surface area (Å²) in [6.45, 7) is 0. The predicted molar refractivity (Wildman–Crippen MR) is 163 cm³/mol. The van der Waals surface area contributed by atoms with Crippen molar-refractivity contribution in [3.05, 3.63) is 139 Å². The maximum atomic E-state index is 9.28. The fourth-order valence-electron chi connectivity index (χ4n) is 6.02. The van der Waals surface area contributed by atoms with E-state index >= 15 is 0 Å². The molecule has 0 amide bonds. The molecule has 0 atom stereocenters. The summed E-state index contributed by atoms with van der Waals surface area (Å²) in [6, 6.07) is 46.8. The third kappa shape index (κ3) is 3.28. The molecule has 3 heterocycles. The first kappa shape index (κ1) is 22.3. The van der Waals surface area contributed by atoms with Crippen LogP contribution in [0.4, 0.5) is 0 Å². The number of aromatic nitrogens is 3. The number of hydrogen-bond donors (Lipinski definition) is 0. The first-order chi connectivity index (χ1) is 19.8. The lowest BCUT2D eigenvalue weighted by Gasteiger charge is -2.11. The van der Waals surface area contributed by atoms with Gasteiger partial charge in [0.25, 0.3) is 0 Å². The number of hydrogen-bond acceptors (Lipinski definition) is 2. The third-order valence-corrected chi connectivity index (χ3v) is 7.80. The SMILES string of the molecule is N#Cc1ccnc(-c2ccc(-n3c4ccccc4c4cc(-n5c6ccccc6c6ccccc65)ccc43)cc2)c1. The second kappa shape index (κ2) is 8.69. The number of pyridine rings is 1. The fraction of sp³-hybridized carbons (Fsp3) is 0. The highest BCUT2D eigenvalue weighted by atomic mass is 15.0. The highest BCUT2D eigenvalue weighted by Gasteiger charge is 2.16. The molecule has 3 aromatic heterocycles. The van der Waals surface area contributed by atoms with Gasteiger partial charge in [0.15, 0.2) is 0 Å². The van der Waals surface area contributed by atoms with Gasteiger partial charge >= 0.3 is 0 Å². The van der Waals surface area contributed by atoms with Crippen LogP contribution in [0.25, 0.3) is 66.2 Å². The number of rotatable bonds is 3. The summed E-state index contributed by atoms with van der Waals surface area (Å²) >= 11 is 0. The first-order valence-corrected chi connectivity index (χ1v) is 13.3. The molecule has 4 heteroatoms. The predicted octanol–water partition coefficient (Wildman–Crippen LogP) is 8.81. The monoisotopic (exact) mass is 510 g/mol.